The molecule has 0 radical (unpaired) electrons. The largest absolute Gasteiger partial charge is 0.487 e. The van der Waals surface area contributed by atoms with Gasteiger partial charge < -0.3 is 15.4 Å². The van der Waals surface area contributed by atoms with Crippen molar-refractivity contribution in [3.8, 4) is 5.75 Å². The van der Waals surface area contributed by atoms with Gasteiger partial charge in [0.25, 0.3) is 0 Å². The standard InChI is InChI=1S/C18H19FN2OS/c1-18(2)11-15(12-7-3-6-10-16(12)22-18)21-17(23)20-14-9-5-4-8-13(14)19/h3-10,15H,11H2,1-2H3,(H2,20,21,23)/t15-/m1/s1. The van der Waals surface area contributed by atoms with E-state index in [2.05, 4.69) is 10.6 Å². The summed E-state index contributed by atoms with van der Waals surface area (Å²) in [5.74, 6) is 0.527. The van der Waals surface area contributed by atoms with Gasteiger partial charge in [-0.3, -0.25) is 0 Å². The van der Waals surface area contributed by atoms with Gasteiger partial charge in [-0.2, -0.15) is 0 Å². The van der Waals surface area contributed by atoms with E-state index >= 15 is 0 Å². The Balaban J connectivity index is 1.77. The van der Waals surface area contributed by atoms with Crippen molar-refractivity contribution in [2.75, 3.05) is 5.32 Å². The monoisotopic (exact) mass is 330 g/mol. The molecule has 0 saturated heterocycles. The number of thiocarbonyl (C=S) groups is 1. The summed E-state index contributed by atoms with van der Waals surface area (Å²) in [5, 5.41) is 6.60. The summed E-state index contributed by atoms with van der Waals surface area (Å²) >= 11 is 5.35. The molecule has 0 fully saturated rings. The smallest absolute Gasteiger partial charge is 0.171 e. The Bertz CT molecular complexity index is 732. The van der Waals surface area contributed by atoms with Gasteiger partial charge >= 0.3 is 0 Å². The van der Waals surface area contributed by atoms with Gasteiger partial charge in [0.05, 0.1) is 11.7 Å². The maximum absolute atomic E-state index is 13.7. The lowest BCUT2D eigenvalue weighted by atomic mass is 9.90. The minimum atomic E-state index is -0.329. The number of hydrogen-bond donors (Lipinski definition) is 2. The first-order valence-corrected chi connectivity index (χ1v) is 7.95. The third-order valence-electron chi connectivity index (χ3n) is 3.80. The third-order valence-corrected chi connectivity index (χ3v) is 4.02. The third kappa shape index (κ3) is 3.62. The van der Waals surface area contributed by atoms with Crippen LogP contribution in [0.3, 0.4) is 0 Å². The number of anilines is 1. The first kappa shape index (κ1) is 15.7. The fourth-order valence-electron chi connectivity index (χ4n) is 2.81. The van der Waals surface area contributed by atoms with Crippen molar-refractivity contribution in [3.05, 3.63) is 59.9 Å². The summed E-state index contributed by atoms with van der Waals surface area (Å²) in [4.78, 5) is 0. The summed E-state index contributed by atoms with van der Waals surface area (Å²) in [6.45, 7) is 4.09. The second-order valence-corrected chi connectivity index (χ2v) is 6.64. The first-order valence-electron chi connectivity index (χ1n) is 7.55. The van der Waals surface area contributed by atoms with Crippen LogP contribution in [0.15, 0.2) is 48.5 Å². The molecule has 1 heterocycles. The lowest BCUT2D eigenvalue weighted by Gasteiger charge is -2.38. The molecule has 1 aliphatic heterocycles. The maximum atomic E-state index is 13.7. The molecule has 2 N–H and O–H groups in total. The van der Waals surface area contributed by atoms with E-state index in [0.29, 0.717) is 10.8 Å². The van der Waals surface area contributed by atoms with Crippen LogP contribution in [0.5, 0.6) is 5.75 Å². The lowest BCUT2D eigenvalue weighted by molar-refractivity contribution is 0.0697. The molecule has 0 bridgehead atoms. The van der Waals surface area contributed by atoms with Crippen molar-refractivity contribution in [2.24, 2.45) is 0 Å². The summed E-state index contributed by atoms with van der Waals surface area (Å²) in [7, 11) is 0. The van der Waals surface area contributed by atoms with E-state index in [-0.39, 0.29) is 17.5 Å². The van der Waals surface area contributed by atoms with Gasteiger partial charge in [0.15, 0.2) is 5.11 Å². The Morgan fingerprint density at radius 1 is 1.17 bits per heavy atom. The minimum Gasteiger partial charge on any atom is -0.487 e. The van der Waals surface area contributed by atoms with Gasteiger partial charge in [-0.05, 0) is 44.3 Å². The van der Waals surface area contributed by atoms with Crippen molar-refractivity contribution in [1.29, 1.82) is 0 Å². The van der Waals surface area contributed by atoms with Crippen LogP contribution < -0.4 is 15.4 Å². The highest BCUT2D eigenvalue weighted by Gasteiger charge is 2.33. The Morgan fingerprint density at radius 3 is 2.65 bits per heavy atom. The van der Waals surface area contributed by atoms with Crippen LogP contribution in [0.2, 0.25) is 0 Å². The molecule has 0 amide bonds. The molecule has 1 atom stereocenters. The second-order valence-electron chi connectivity index (χ2n) is 6.23. The van der Waals surface area contributed by atoms with E-state index in [1.54, 1.807) is 18.2 Å². The summed E-state index contributed by atoms with van der Waals surface area (Å²) in [5.41, 5.74) is 1.13. The molecule has 120 valence electrons. The molecule has 0 spiro atoms. The number of halogens is 1. The zero-order chi connectivity index (χ0) is 16.4. The molecule has 2 aromatic rings. The molecule has 23 heavy (non-hydrogen) atoms. The minimum absolute atomic E-state index is 0.0155. The Labute approximate surface area is 140 Å². The molecule has 0 unspecified atom stereocenters. The van der Waals surface area contributed by atoms with E-state index < -0.39 is 0 Å². The van der Waals surface area contributed by atoms with Gasteiger partial charge in [0, 0.05) is 12.0 Å². The van der Waals surface area contributed by atoms with E-state index in [1.807, 2.05) is 38.1 Å². The van der Waals surface area contributed by atoms with Crippen molar-refractivity contribution in [2.45, 2.75) is 31.9 Å². The highest BCUT2D eigenvalue weighted by atomic mass is 32.1. The van der Waals surface area contributed by atoms with Crippen LogP contribution in [0.25, 0.3) is 0 Å². The van der Waals surface area contributed by atoms with E-state index in [4.69, 9.17) is 17.0 Å². The van der Waals surface area contributed by atoms with Crippen LogP contribution in [0, 0.1) is 5.82 Å². The van der Waals surface area contributed by atoms with E-state index in [1.165, 1.54) is 6.07 Å². The van der Waals surface area contributed by atoms with Gasteiger partial charge in [0.1, 0.15) is 17.2 Å². The zero-order valence-corrected chi connectivity index (χ0v) is 13.9. The number of ether oxygens (including phenoxy) is 1. The molecule has 2 aromatic carbocycles. The van der Waals surface area contributed by atoms with Gasteiger partial charge in [-0.1, -0.05) is 30.3 Å². The molecule has 0 aromatic heterocycles. The van der Waals surface area contributed by atoms with Crippen LogP contribution in [0.1, 0.15) is 31.9 Å². The average molecular weight is 330 g/mol. The molecule has 1 aliphatic rings. The number of nitrogens with one attached hydrogen (secondary N) is 2. The van der Waals surface area contributed by atoms with Crippen LogP contribution in [-0.2, 0) is 0 Å². The lowest BCUT2D eigenvalue weighted by Crippen LogP contribution is -2.42. The topological polar surface area (TPSA) is 33.3 Å². The van der Waals surface area contributed by atoms with Crippen molar-refractivity contribution in [3.63, 3.8) is 0 Å². The molecule has 3 nitrogen and oxygen atoms in total. The molecule has 3 rings (SSSR count). The van der Waals surface area contributed by atoms with E-state index in [0.717, 1.165) is 17.7 Å². The number of fused-ring (bicyclic) bond motifs is 1. The van der Waals surface area contributed by atoms with Gasteiger partial charge in [-0.25, -0.2) is 4.39 Å². The number of hydrogen-bond acceptors (Lipinski definition) is 2. The predicted octanol–water partition coefficient (Wildman–Crippen LogP) is 4.41. The van der Waals surface area contributed by atoms with Crippen molar-refractivity contribution >= 4 is 23.0 Å². The van der Waals surface area contributed by atoms with E-state index in [9.17, 15) is 4.39 Å². The summed E-state index contributed by atoms with van der Waals surface area (Å²) in [6, 6.07) is 14.4. The average Bonchev–Trinajstić information content (AvgIpc) is 2.48. The van der Waals surface area contributed by atoms with Gasteiger partial charge in [-0.15, -0.1) is 0 Å². The Hall–Kier alpha value is -2.14. The van der Waals surface area contributed by atoms with Gasteiger partial charge in [0.2, 0.25) is 0 Å². The zero-order valence-electron chi connectivity index (χ0n) is 13.1. The van der Waals surface area contributed by atoms with Crippen LogP contribution in [0.4, 0.5) is 10.1 Å². The normalized spacial score (nSPS) is 18.5. The highest BCUT2D eigenvalue weighted by molar-refractivity contribution is 7.80. The molecule has 0 aliphatic carbocycles. The predicted molar refractivity (Wildman–Crippen MR) is 94.3 cm³/mol. The Kier molecular flexibility index (Phi) is 4.22. The first-order chi connectivity index (χ1) is 10.9. The summed E-state index contributed by atoms with van der Waals surface area (Å²) < 4.78 is 19.7. The number of rotatable bonds is 2. The fourth-order valence-corrected chi connectivity index (χ4v) is 3.06. The van der Waals surface area contributed by atoms with Crippen molar-refractivity contribution < 1.29 is 9.13 Å². The second kappa shape index (κ2) is 6.16. The fraction of sp³-hybridized carbons (Fsp3) is 0.278. The molecule has 0 saturated carbocycles. The highest BCUT2D eigenvalue weighted by Crippen LogP contribution is 2.39. The maximum Gasteiger partial charge on any atom is 0.171 e. The quantitative estimate of drug-likeness (QED) is 0.799. The summed E-state index contributed by atoms with van der Waals surface area (Å²) in [6.07, 6.45) is 0.767. The van der Waals surface area contributed by atoms with Crippen LogP contribution in [-0.4, -0.2) is 10.7 Å². The number of benzene rings is 2. The molecular weight excluding hydrogens is 311 g/mol. The SMILES string of the molecule is CC1(C)C[C@@H](NC(=S)Nc2ccccc2F)c2ccccc2O1. The molecule has 5 heteroatoms. The Morgan fingerprint density at radius 2 is 1.87 bits per heavy atom. The van der Waals surface area contributed by atoms with Crippen LogP contribution >= 0.6 is 12.2 Å². The molecular formula is C18H19FN2OS. The van der Waals surface area contributed by atoms with Crippen molar-refractivity contribution in [1.82, 2.24) is 5.32 Å². The number of para-hydroxylation sites is 2.